The average molecular weight is 309 g/mol. The topological polar surface area (TPSA) is 37.3 Å². The molecule has 0 spiro atoms. The number of halogens is 2. The number of carboxylic acids is 1. The van der Waals surface area contributed by atoms with Crippen molar-refractivity contribution in [2.45, 2.75) is 18.2 Å². The summed E-state index contributed by atoms with van der Waals surface area (Å²) in [5.74, 6) is -0.987. The fraction of sp³-hybridized carbons (Fsp3) is 0.188. The maximum Gasteiger partial charge on any atom is 0.321 e. The van der Waals surface area contributed by atoms with Crippen molar-refractivity contribution in [2.75, 3.05) is 0 Å². The van der Waals surface area contributed by atoms with E-state index in [-0.39, 0.29) is 0 Å². The van der Waals surface area contributed by atoms with E-state index in [0.29, 0.717) is 17.9 Å². The Bertz CT molecular complexity index is 597. The van der Waals surface area contributed by atoms with Gasteiger partial charge in [-0.1, -0.05) is 54.1 Å². The number of alkyl halides is 1. The molecule has 4 heteroatoms. The summed E-state index contributed by atoms with van der Waals surface area (Å²) < 4.78 is 0. The average Bonchev–Trinajstić information content (AvgIpc) is 2.45. The molecule has 0 saturated heterocycles. The van der Waals surface area contributed by atoms with E-state index in [9.17, 15) is 4.79 Å². The first-order valence-corrected chi connectivity index (χ1v) is 7.10. The highest BCUT2D eigenvalue weighted by atomic mass is 35.5. The largest absolute Gasteiger partial charge is 0.480 e. The molecule has 0 radical (unpaired) electrons. The Hall–Kier alpha value is -1.51. The molecule has 1 atom stereocenters. The highest BCUT2D eigenvalue weighted by Crippen LogP contribution is 2.29. The Kier molecular flexibility index (Phi) is 5.05. The van der Waals surface area contributed by atoms with Gasteiger partial charge in [-0.3, -0.25) is 4.79 Å². The fourth-order valence-electron chi connectivity index (χ4n) is 1.98. The molecule has 0 aliphatic heterocycles. The van der Waals surface area contributed by atoms with Gasteiger partial charge >= 0.3 is 5.97 Å². The van der Waals surface area contributed by atoms with Crippen molar-refractivity contribution >= 4 is 29.2 Å². The molecule has 1 unspecified atom stereocenters. The Morgan fingerprint density at radius 3 is 2.45 bits per heavy atom. The van der Waals surface area contributed by atoms with Crippen molar-refractivity contribution in [3.8, 4) is 11.1 Å². The highest BCUT2D eigenvalue weighted by Gasteiger charge is 2.13. The Balaban J connectivity index is 2.12. The van der Waals surface area contributed by atoms with Crippen molar-refractivity contribution in [1.82, 2.24) is 0 Å². The van der Waals surface area contributed by atoms with Crippen LogP contribution in [0, 0.1) is 0 Å². The van der Waals surface area contributed by atoms with E-state index < -0.39 is 11.3 Å². The summed E-state index contributed by atoms with van der Waals surface area (Å²) in [7, 11) is 0. The molecule has 2 rings (SSSR count). The van der Waals surface area contributed by atoms with Crippen molar-refractivity contribution in [2.24, 2.45) is 0 Å². The summed E-state index contributed by atoms with van der Waals surface area (Å²) in [5, 5.41) is 8.55. The number of carboxylic acid groups (broad SMARTS) is 1. The zero-order chi connectivity index (χ0) is 14.5. The molecule has 0 amide bonds. The molecular formula is C16H14Cl2O2. The summed E-state index contributed by atoms with van der Waals surface area (Å²) in [6.07, 6.45) is 0.979. The molecule has 0 bridgehead atoms. The smallest absolute Gasteiger partial charge is 0.321 e. The van der Waals surface area contributed by atoms with Gasteiger partial charge in [0.15, 0.2) is 0 Å². The molecule has 0 aliphatic rings. The lowest BCUT2D eigenvalue weighted by molar-refractivity contribution is -0.136. The molecular weight excluding hydrogens is 295 g/mol. The fourth-order valence-corrected chi connectivity index (χ4v) is 2.40. The van der Waals surface area contributed by atoms with Gasteiger partial charge in [0.1, 0.15) is 5.38 Å². The monoisotopic (exact) mass is 308 g/mol. The third kappa shape index (κ3) is 3.75. The third-order valence-corrected chi connectivity index (χ3v) is 3.79. The lowest BCUT2D eigenvalue weighted by Crippen LogP contribution is -2.13. The van der Waals surface area contributed by atoms with Crippen LogP contribution in [-0.4, -0.2) is 16.5 Å². The predicted octanol–water partition coefficient (Wildman–Crippen LogP) is 4.63. The molecule has 0 saturated carbocycles. The van der Waals surface area contributed by atoms with Crippen LogP contribution < -0.4 is 0 Å². The molecule has 0 fully saturated rings. The molecule has 0 aliphatic carbocycles. The summed E-state index contributed by atoms with van der Waals surface area (Å²) in [5.41, 5.74) is 3.02. The van der Waals surface area contributed by atoms with E-state index >= 15 is 0 Å². The van der Waals surface area contributed by atoms with Crippen LogP contribution in [0.3, 0.4) is 0 Å². The first-order valence-electron chi connectivity index (χ1n) is 6.28. The van der Waals surface area contributed by atoms with Gasteiger partial charge in [-0.15, -0.1) is 11.6 Å². The van der Waals surface area contributed by atoms with E-state index in [1.807, 2.05) is 48.5 Å². The number of hydrogen-bond donors (Lipinski definition) is 1. The van der Waals surface area contributed by atoms with Gasteiger partial charge in [-0.2, -0.15) is 0 Å². The lowest BCUT2D eigenvalue weighted by Gasteiger charge is -2.08. The number of carbonyl (C=O) groups is 1. The van der Waals surface area contributed by atoms with E-state index in [0.717, 1.165) is 16.7 Å². The highest BCUT2D eigenvalue weighted by molar-refractivity contribution is 6.33. The lowest BCUT2D eigenvalue weighted by atomic mass is 10.0. The quantitative estimate of drug-likeness (QED) is 0.818. The minimum absolute atomic E-state index is 0.387. The number of benzene rings is 2. The second kappa shape index (κ2) is 6.78. The van der Waals surface area contributed by atoms with Crippen LogP contribution in [0.5, 0.6) is 0 Å². The second-order valence-corrected chi connectivity index (χ2v) is 5.46. The van der Waals surface area contributed by atoms with Crippen molar-refractivity contribution in [3.05, 3.63) is 59.1 Å². The van der Waals surface area contributed by atoms with Gasteiger partial charge in [-0.25, -0.2) is 0 Å². The maximum absolute atomic E-state index is 10.7. The van der Waals surface area contributed by atoms with Crippen LogP contribution in [0.4, 0.5) is 0 Å². The van der Waals surface area contributed by atoms with Crippen molar-refractivity contribution < 1.29 is 9.90 Å². The Labute approximate surface area is 128 Å². The zero-order valence-electron chi connectivity index (χ0n) is 10.7. The molecule has 2 nitrogen and oxygen atoms in total. The SMILES string of the molecule is O=C(O)C(Cl)CCc1ccc(-c2ccccc2)c(Cl)c1. The van der Waals surface area contributed by atoms with Gasteiger partial charge in [0, 0.05) is 10.6 Å². The van der Waals surface area contributed by atoms with Crippen molar-refractivity contribution in [1.29, 1.82) is 0 Å². The number of aryl methyl sites for hydroxylation is 1. The summed E-state index contributed by atoms with van der Waals surface area (Å²) >= 11 is 12.0. The first-order chi connectivity index (χ1) is 9.58. The summed E-state index contributed by atoms with van der Waals surface area (Å²) in [4.78, 5) is 10.7. The molecule has 2 aromatic rings. The van der Waals surface area contributed by atoms with Gasteiger partial charge in [-0.05, 0) is 30.0 Å². The van der Waals surface area contributed by atoms with Crippen LogP contribution in [0.15, 0.2) is 48.5 Å². The van der Waals surface area contributed by atoms with Crippen LogP contribution in [0.1, 0.15) is 12.0 Å². The van der Waals surface area contributed by atoms with Gasteiger partial charge in [0.25, 0.3) is 0 Å². The predicted molar refractivity (Wildman–Crippen MR) is 82.5 cm³/mol. The van der Waals surface area contributed by atoms with Gasteiger partial charge < -0.3 is 5.11 Å². The van der Waals surface area contributed by atoms with E-state index in [2.05, 4.69) is 0 Å². The number of aliphatic carboxylic acids is 1. The zero-order valence-corrected chi connectivity index (χ0v) is 12.2. The van der Waals surface area contributed by atoms with E-state index in [1.54, 1.807) is 0 Å². The van der Waals surface area contributed by atoms with E-state index in [4.69, 9.17) is 28.3 Å². The molecule has 1 N–H and O–H groups in total. The molecule has 0 heterocycles. The normalized spacial score (nSPS) is 12.1. The molecule has 104 valence electrons. The third-order valence-electron chi connectivity index (χ3n) is 3.07. The number of rotatable bonds is 5. The summed E-state index contributed by atoms with van der Waals surface area (Å²) in [6.45, 7) is 0. The van der Waals surface area contributed by atoms with Crippen molar-refractivity contribution in [3.63, 3.8) is 0 Å². The second-order valence-electron chi connectivity index (χ2n) is 4.52. The van der Waals surface area contributed by atoms with Crippen LogP contribution in [-0.2, 0) is 11.2 Å². The minimum Gasteiger partial charge on any atom is -0.480 e. The van der Waals surface area contributed by atoms with Gasteiger partial charge in [0.05, 0.1) is 0 Å². The Morgan fingerprint density at radius 1 is 1.15 bits per heavy atom. The van der Waals surface area contributed by atoms with Crippen LogP contribution in [0.25, 0.3) is 11.1 Å². The minimum atomic E-state index is -0.987. The van der Waals surface area contributed by atoms with Crippen LogP contribution in [0.2, 0.25) is 5.02 Å². The maximum atomic E-state index is 10.7. The molecule has 20 heavy (non-hydrogen) atoms. The summed E-state index contributed by atoms with van der Waals surface area (Å²) in [6, 6.07) is 15.7. The van der Waals surface area contributed by atoms with E-state index in [1.165, 1.54) is 0 Å². The molecule has 2 aromatic carbocycles. The van der Waals surface area contributed by atoms with Gasteiger partial charge in [0.2, 0.25) is 0 Å². The number of hydrogen-bond acceptors (Lipinski definition) is 1. The molecule has 0 aromatic heterocycles. The standard InChI is InChI=1S/C16H14Cl2O2/c17-14(16(19)20)9-7-11-6-8-13(15(18)10-11)12-4-2-1-3-5-12/h1-6,8,10,14H,7,9H2,(H,19,20). The first kappa shape index (κ1) is 14.9. The Morgan fingerprint density at radius 2 is 1.85 bits per heavy atom. The van der Waals surface area contributed by atoms with Crippen LogP contribution >= 0.6 is 23.2 Å².